The molecule has 0 aliphatic rings. The van der Waals surface area contributed by atoms with Crippen molar-refractivity contribution in [2.45, 2.75) is 72.4 Å². The maximum atomic E-state index is 10.4. The molecule has 0 bridgehead atoms. The van der Waals surface area contributed by atoms with Gasteiger partial charge in [-0.05, 0) is 67.4 Å². The van der Waals surface area contributed by atoms with Gasteiger partial charge in [-0.3, -0.25) is 8.37 Å². The fraction of sp³-hybridized carbons (Fsp3) is 0.714. The fourth-order valence-electron chi connectivity index (χ4n) is 2.81. The molecule has 0 radical (unpaired) electrons. The summed E-state index contributed by atoms with van der Waals surface area (Å²) in [7, 11) is -7.32. The van der Waals surface area contributed by atoms with Gasteiger partial charge in [-0.2, -0.15) is 16.8 Å². The van der Waals surface area contributed by atoms with Crippen molar-refractivity contribution < 1.29 is 25.2 Å². The van der Waals surface area contributed by atoms with Crippen molar-refractivity contribution in [2.24, 2.45) is 11.8 Å². The van der Waals surface area contributed by atoms with Crippen LogP contribution >= 0.6 is 23.3 Å². The van der Waals surface area contributed by atoms with E-state index in [2.05, 4.69) is 102 Å². The van der Waals surface area contributed by atoms with Crippen molar-refractivity contribution in [1.82, 2.24) is 5.32 Å². The highest BCUT2D eigenvalue weighted by Crippen LogP contribution is 2.24. The molecule has 32 heavy (non-hydrogen) atoms. The second-order valence-corrected chi connectivity index (χ2v) is 13.4. The predicted octanol–water partition coefficient (Wildman–Crippen LogP) is 4.78. The van der Waals surface area contributed by atoms with Crippen LogP contribution in [0.5, 0.6) is 0 Å². The Bertz CT molecular complexity index is 789. The van der Waals surface area contributed by atoms with Crippen molar-refractivity contribution in [1.29, 1.82) is 0 Å². The molecular formula is C21H39NO6S4. The van der Waals surface area contributed by atoms with Crippen LogP contribution in [-0.2, 0) is 33.2 Å². The van der Waals surface area contributed by atoms with Gasteiger partial charge < -0.3 is 5.32 Å². The van der Waals surface area contributed by atoms with E-state index in [1.807, 2.05) is 0 Å². The molecule has 0 aliphatic heterocycles. The zero-order valence-corrected chi connectivity index (χ0v) is 23.1. The summed E-state index contributed by atoms with van der Waals surface area (Å²) in [6, 6.07) is 10.6. The van der Waals surface area contributed by atoms with Crippen molar-refractivity contribution in [3.05, 3.63) is 35.9 Å². The molecule has 1 unspecified atom stereocenters. The lowest BCUT2D eigenvalue weighted by Crippen LogP contribution is -2.46. The molecule has 1 N–H and O–H groups in total. The maximum Gasteiger partial charge on any atom is 0.319 e. The van der Waals surface area contributed by atoms with Crippen LogP contribution in [0.25, 0.3) is 0 Å². The Balaban J connectivity index is 0.000000601. The molecule has 1 rings (SSSR count). The molecule has 7 nitrogen and oxygen atoms in total. The Kier molecular flexibility index (Phi) is 15.4. The van der Waals surface area contributed by atoms with Gasteiger partial charge in [0, 0.05) is 12.1 Å². The van der Waals surface area contributed by atoms with E-state index in [4.69, 9.17) is 0 Å². The third kappa shape index (κ3) is 18.2. The van der Waals surface area contributed by atoms with Gasteiger partial charge in [0.2, 0.25) is 0 Å². The highest BCUT2D eigenvalue weighted by Gasteiger charge is 2.27. The number of unbranched alkanes of at least 4 members (excludes halogenated alkanes) is 3. The van der Waals surface area contributed by atoms with Gasteiger partial charge in [0.25, 0.3) is 0 Å². The second-order valence-electron chi connectivity index (χ2n) is 8.51. The van der Waals surface area contributed by atoms with E-state index < -0.39 is 18.3 Å². The quantitative estimate of drug-likeness (QED) is 0.181. The number of thiol groups is 2. The standard InChI is InChI=1S/C15H25N.C6H14O6S4/c1-12(2)13(3)15(4,5)16-11-14-9-7-6-8-10-14;7-15(8,13)11-5-3-1-2-4-6-12-16(9,10)14/h6-10,12-13,16H,11H2,1-5H3;1-6H2,(H,7,8,13)(H,9,10,14). The molecule has 1 aromatic carbocycles. The summed E-state index contributed by atoms with van der Waals surface area (Å²) in [6.07, 6.45) is 2.57. The van der Waals surface area contributed by atoms with E-state index in [1.54, 1.807) is 0 Å². The number of nitrogens with one attached hydrogen (secondary N) is 1. The SMILES string of the molecule is CC(C)C(C)C(C)(C)NCc1ccccc1.O=S(=O)(S)OCCCCCCOS(=O)(=O)S. The van der Waals surface area contributed by atoms with Gasteiger partial charge in [0.1, 0.15) is 0 Å². The first-order valence-corrected chi connectivity index (χ1v) is 15.6. The first-order valence-electron chi connectivity index (χ1n) is 10.7. The Labute approximate surface area is 204 Å². The second kappa shape index (κ2) is 15.6. The van der Waals surface area contributed by atoms with Crippen LogP contribution in [0.3, 0.4) is 0 Å². The van der Waals surface area contributed by atoms with Crippen LogP contribution in [-0.4, -0.2) is 35.6 Å². The average molecular weight is 530 g/mol. The molecule has 11 heteroatoms. The molecule has 0 aromatic heterocycles. The average Bonchev–Trinajstić information content (AvgIpc) is 2.67. The molecular weight excluding hydrogens is 491 g/mol. The number of hydrogen-bond donors (Lipinski definition) is 3. The summed E-state index contributed by atoms with van der Waals surface area (Å²) >= 11 is 6.40. The molecule has 0 heterocycles. The van der Waals surface area contributed by atoms with Gasteiger partial charge in [0.15, 0.2) is 0 Å². The number of benzene rings is 1. The van der Waals surface area contributed by atoms with Crippen molar-refractivity contribution >= 4 is 41.6 Å². The minimum absolute atomic E-state index is 0.0809. The van der Waals surface area contributed by atoms with Gasteiger partial charge in [-0.1, -0.05) is 63.9 Å². The van der Waals surface area contributed by atoms with Crippen LogP contribution in [0.15, 0.2) is 30.3 Å². The van der Waals surface area contributed by atoms with E-state index in [1.165, 1.54) is 5.56 Å². The van der Waals surface area contributed by atoms with Crippen molar-refractivity contribution in [3.8, 4) is 0 Å². The summed E-state index contributed by atoms with van der Waals surface area (Å²) in [6.45, 7) is 12.6. The van der Waals surface area contributed by atoms with E-state index in [9.17, 15) is 16.8 Å². The van der Waals surface area contributed by atoms with E-state index in [-0.39, 0.29) is 18.8 Å². The molecule has 0 saturated carbocycles. The first-order chi connectivity index (χ1) is 14.6. The van der Waals surface area contributed by atoms with Gasteiger partial charge in [-0.25, -0.2) is 0 Å². The summed E-state index contributed by atoms with van der Waals surface area (Å²) in [5, 5.41) is 3.66. The molecule has 1 aromatic rings. The van der Waals surface area contributed by atoms with Gasteiger partial charge in [-0.15, -0.1) is 0 Å². The molecule has 0 saturated heterocycles. The third-order valence-corrected chi connectivity index (χ3v) is 6.79. The van der Waals surface area contributed by atoms with E-state index in [0.29, 0.717) is 24.7 Å². The summed E-state index contributed by atoms with van der Waals surface area (Å²) in [5.74, 6) is 1.37. The molecule has 0 spiro atoms. The van der Waals surface area contributed by atoms with Crippen LogP contribution in [0.2, 0.25) is 0 Å². The van der Waals surface area contributed by atoms with E-state index in [0.717, 1.165) is 19.4 Å². The lowest BCUT2D eigenvalue weighted by Gasteiger charge is -2.36. The highest BCUT2D eigenvalue weighted by molar-refractivity contribution is 8.61. The van der Waals surface area contributed by atoms with Crippen LogP contribution in [0, 0.1) is 11.8 Å². The lowest BCUT2D eigenvalue weighted by molar-refractivity contribution is 0.212. The fourth-order valence-corrected chi connectivity index (χ4v) is 3.91. The third-order valence-electron chi connectivity index (χ3n) is 5.23. The Morgan fingerprint density at radius 1 is 0.844 bits per heavy atom. The minimum Gasteiger partial charge on any atom is -0.307 e. The molecule has 0 amide bonds. The Hall–Kier alpha value is -0.300. The summed E-state index contributed by atoms with van der Waals surface area (Å²) in [5.41, 5.74) is 1.54. The number of hydrogen-bond acceptors (Lipinski definition) is 7. The van der Waals surface area contributed by atoms with Gasteiger partial charge in [0.05, 0.1) is 13.2 Å². The van der Waals surface area contributed by atoms with Gasteiger partial charge >= 0.3 is 18.3 Å². The Morgan fingerprint density at radius 2 is 1.28 bits per heavy atom. The smallest absolute Gasteiger partial charge is 0.307 e. The normalized spacial score (nSPS) is 13.5. The predicted molar refractivity (Wildman–Crippen MR) is 138 cm³/mol. The van der Waals surface area contributed by atoms with E-state index >= 15 is 0 Å². The largest absolute Gasteiger partial charge is 0.319 e. The summed E-state index contributed by atoms with van der Waals surface area (Å²) < 4.78 is 50.5. The monoisotopic (exact) mass is 529 g/mol. The molecule has 0 aliphatic carbocycles. The van der Waals surface area contributed by atoms with Crippen molar-refractivity contribution in [3.63, 3.8) is 0 Å². The Morgan fingerprint density at radius 3 is 1.66 bits per heavy atom. The van der Waals surface area contributed by atoms with Crippen LogP contribution in [0.4, 0.5) is 0 Å². The zero-order valence-electron chi connectivity index (χ0n) is 19.7. The topological polar surface area (TPSA) is 98.8 Å². The van der Waals surface area contributed by atoms with Crippen LogP contribution < -0.4 is 5.32 Å². The minimum atomic E-state index is -3.66. The maximum absolute atomic E-state index is 10.4. The molecule has 1 atom stereocenters. The zero-order chi connectivity index (χ0) is 24.8. The molecule has 188 valence electrons. The number of rotatable bonds is 14. The van der Waals surface area contributed by atoms with Crippen LogP contribution in [0.1, 0.15) is 65.9 Å². The first kappa shape index (κ1) is 31.7. The lowest BCUT2D eigenvalue weighted by atomic mass is 9.81. The highest BCUT2D eigenvalue weighted by atomic mass is 33.1. The summed E-state index contributed by atoms with van der Waals surface area (Å²) in [4.78, 5) is 0. The molecule has 0 fully saturated rings. The van der Waals surface area contributed by atoms with Crippen molar-refractivity contribution in [2.75, 3.05) is 13.2 Å².